The van der Waals surface area contributed by atoms with E-state index in [1.165, 1.54) is 26.0 Å². The topological polar surface area (TPSA) is 221 Å². The van der Waals surface area contributed by atoms with Crippen molar-refractivity contribution in [2.45, 2.75) is 108 Å². The number of ether oxygens (including phenoxy) is 5. The number of carbonyl (C=O) groups is 6. The molecule has 3 unspecified atom stereocenters. The minimum atomic E-state index is -2.39. The van der Waals surface area contributed by atoms with Crippen LogP contribution in [0.2, 0.25) is 0 Å². The van der Waals surface area contributed by atoms with Crippen LogP contribution in [0.3, 0.4) is 0 Å². The number of nitrogens with one attached hydrogen (secondary N) is 1. The zero-order chi connectivity index (χ0) is 44.9. The lowest BCUT2D eigenvalue weighted by Crippen LogP contribution is -2.82. The molecule has 328 valence electrons. The van der Waals surface area contributed by atoms with Gasteiger partial charge in [0.15, 0.2) is 23.6 Å². The average Bonchev–Trinajstić information content (AvgIpc) is 3.24. The summed E-state index contributed by atoms with van der Waals surface area (Å²) < 4.78 is 30.3. The number of rotatable bonds is 10. The minimum Gasteiger partial charge on any atom is -0.456 e. The number of benzene rings is 3. The van der Waals surface area contributed by atoms with Crippen LogP contribution in [-0.2, 0) is 42.9 Å². The van der Waals surface area contributed by atoms with Crippen LogP contribution in [0.25, 0.3) is 0 Å². The van der Waals surface area contributed by atoms with Gasteiger partial charge in [-0.2, -0.15) is 0 Å². The van der Waals surface area contributed by atoms with Gasteiger partial charge < -0.3 is 44.3 Å². The van der Waals surface area contributed by atoms with Gasteiger partial charge >= 0.3 is 23.9 Å². The van der Waals surface area contributed by atoms with Crippen LogP contribution in [0.5, 0.6) is 0 Å². The summed E-state index contributed by atoms with van der Waals surface area (Å²) in [6.45, 7) is 7.97. The number of Topliss-reactive ketones (excluding diaryl/α,β-unsaturated/α-hetero) is 1. The minimum absolute atomic E-state index is 0.00289. The van der Waals surface area contributed by atoms with E-state index in [4.69, 9.17) is 23.7 Å². The summed E-state index contributed by atoms with van der Waals surface area (Å²) in [6.07, 6.45) is -10.5. The molecule has 1 aliphatic heterocycles. The van der Waals surface area contributed by atoms with Crippen LogP contribution in [0.4, 0.5) is 0 Å². The lowest BCUT2D eigenvalue weighted by molar-refractivity contribution is -0.346. The van der Waals surface area contributed by atoms with E-state index in [2.05, 4.69) is 5.32 Å². The van der Waals surface area contributed by atoms with Crippen molar-refractivity contribution in [2.24, 2.45) is 16.7 Å². The number of fused-ring (bicyclic) bond motifs is 5. The highest BCUT2D eigenvalue weighted by atomic mass is 16.6. The van der Waals surface area contributed by atoms with Crippen molar-refractivity contribution in [3.63, 3.8) is 0 Å². The van der Waals surface area contributed by atoms with Crippen LogP contribution in [-0.4, -0.2) is 105 Å². The second-order valence-corrected chi connectivity index (χ2v) is 17.4. The third kappa shape index (κ3) is 7.29. The molecule has 7 rings (SSSR count). The predicted octanol–water partition coefficient (Wildman–Crippen LogP) is 3.74. The molecule has 3 aromatic rings. The second-order valence-electron chi connectivity index (χ2n) is 17.4. The van der Waals surface area contributed by atoms with Crippen molar-refractivity contribution in [3.8, 4) is 0 Å². The van der Waals surface area contributed by atoms with Crippen LogP contribution in [0.15, 0.2) is 102 Å². The Morgan fingerprint density at radius 1 is 0.823 bits per heavy atom. The molecule has 11 atom stereocenters. The van der Waals surface area contributed by atoms with Gasteiger partial charge in [0.1, 0.15) is 23.9 Å². The summed E-state index contributed by atoms with van der Waals surface area (Å²) in [5.41, 5.74) is -7.02. The predicted molar refractivity (Wildman–Crippen MR) is 218 cm³/mol. The first-order chi connectivity index (χ1) is 29.3. The molecular formula is C47H51NO14. The number of esters is 4. The number of hydrogen-bond donors (Lipinski definition) is 4. The fraction of sp³-hybridized carbons (Fsp3) is 0.447. The van der Waals surface area contributed by atoms with Crippen molar-refractivity contribution in [1.82, 2.24) is 5.32 Å². The fourth-order valence-electron chi connectivity index (χ4n) is 10.2. The normalized spacial score (nSPS) is 31.9. The van der Waals surface area contributed by atoms with Crippen molar-refractivity contribution in [3.05, 3.63) is 119 Å². The number of ketones is 1. The highest BCUT2D eigenvalue weighted by molar-refractivity contribution is 5.96. The van der Waals surface area contributed by atoms with Gasteiger partial charge in [-0.15, -0.1) is 0 Å². The Labute approximate surface area is 358 Å². The standard InChI is InChI=1S/C47H51NO14/c1-25-31(60-43(56)36(52)35(28-16-10-7-11-17-28)48-41(54)29-18-12-8-13-19-29)23-47(57)40(61-42(55)30-20-14-9-15-21-30)38-45(6,32(51)22-33-46(38,24-58-33)62-27(3)50)39(53)37(59-26(2)49)34(25)44(47,4)5/h7-21,31-33,35-38,40,51-52,57H,22-24H2,1-6H3,(H,48,54)/t31-,32-,33+,35?,36?,37+,38?,40-,45+,46-,47+/m0/s1/i2-1. The molecule has 15 nitrogen and oxygen atoms in total. The number of aliphatic hydroxyl groups excluding tert-OH is 2. The van der Waals surface area contributed by atoms with E-state index in [-0.39, 0.29) is 35.3 Å². The van der Waals surface area contributed by atoms with Crippen LogP contribution < -0.4 is 5.32 Å². The molecule has 3 aliphatic carbocycles. The fourth-order valence-corrected chi connectivity index (χ4v) is 10.2. The van der Waals surface area contributed by atoms with Crippen molar-refractivity contribution < 1.29 is 67.8 Å². The average molecular weight is 853 g/mol. The van der Waals surface area contributed by atoms with Gasteiger partial charge in [0.25, 0.3) is 5.91 Å². The molecule has 0 spiro atoms. The number of aliphatic hydroxyl groups is 3. The maximum atomic E-state index is 15.5. The molecule has 62 heavy (non-hydrogen) atoms. The van der Waals surface area contributed by atoms with E-state index < -0.39 is 113 Å². The molecule has 1 saturated heterocycles. The molecule has 2 saturated carbocycles. The SMILES string of the molecule is CC(=O)O[C@@]12CO[C@@H]1C[C@H](O)[C@@]1(C)C(=O)[C@H](OC([11CH3])=O)C3=C(C)[C@@H](OC(=O)C(O)C(NC(=O)c4ccccc4)c4ccccc4)C[C@@](O)([C@@H](OC(=O)c4ccccc4)C12)C3(C)C. The Balaban J connectivity index is 1.39. The van der Waals surface area contributed by atoms with Gasteiger partial charge in [0, 0.05) is 37.7 Å². The molecule has 1 amide bonds. The van der Waals surface area contributed by atoms with Gasteiger partial charge in [-0.25, -0.2) is 9.59 Å². The van der Waals surface area contributed by atoms with E-state index >= 15 is 4.79 Å². The molecule has 4 N–H and O–H groups in total. The first-order valence-corrected chi connectivity index (χ1v) is 20.5. The monoisotopic (exact) mass is 852 g/mol. The van der Waals surface area contributed by atoms with Crippen LogP contribution in [0, 0.1) is 16.7 Å². The Bertz CT molecular complexity index is 2280. The van der Waals surface area contributed by atoms with Crippen molar-refractivity contribution in [2.75, 3.05) is 6.61 Å². The van der Waals surface area contributed by atoms with Gasteiger partial charge in [-0.1, -0.05) is 80.6 Å². The lowest BCUT2D eigenvalue weighted by Gasteiger charge is -2.67. The molecule has 3 aromatic carbocycles. The number of carbonyl (C=O) groups excluding carboxylic acids is 6. The first kappa shape index (κ1) is 44.3. The Hall–Kier alpha value is -5.74. The molecule has 2 bridgehead atoms. The molecule has 0 aromatic heterocycles. The van der Waals surface area contributed by atoms with E-state index in [0.717, 1.165) is 13.8 Å². The highest BCUT2D eigenvalue weighted by Gasteiger charge is 2.78. The van der Waals surface area contributed by atoms with Gasteiger partial charge in [-0.05, 0) is 54.8 Å². The Kier molecular flexibility index (Phi) is 11.8. The number of hydrogen-bond acceptors (Lipinski definition) is 14. The lowest BCUT2D eigenvalue weighted by atomic mass is 9.44. The van der Waals surface area contributed by atoms with E-state index in [1.807, 2.05) is 0 Å². The van der Waals surface area contributed by atoms with Gasteiger partial charge in [0.2, 0.25) is 0 Å². The summed E-state index contributed by atoms with van der Waals surface area (Å²) in [4.78, 5) is 83.5. The summed E-state index contributed by atoms with van der Waals surface area (Å²) in [5, 5.41) is 40.2. The third-order valence-electron chi connectivity index (χ3n) is 13.5. The zero-order valence-corrected chi connectivity index (χ0v) is 35.2. The third-order valence-corrected chi connectivity index (χ3v) is 13.5. The Morgan fingerprint density at radius 2 is 1.40 bits per heavy atom. The summed E-state index contributed by atoms with van der Waals surface area (Å²) in [5.74, 6) is -6.84. The quantitative estimate of drug-likeness (QED) is 0.130. The zero-order valence-electron chi connectivity index (χ0n) is 35.2. The maximum Gasteiger partial charge on any atom is 0.338 e. The molecule has 1 heterocycles. The summed E-state index contributed by atoms with van der Waals surface area (Å²) in [6, 6.07) is 22.9. The molecule has 4 aliphatic rings. The van der Waals surface area contributed by atoms with E-state index in [9.17, 15) is 39.3 Å². The summed E-state index contributed by atoms with van der Waals surface area (Å²) >= 11 is 0. The largest absolute Gasteiger partial charge is 0.456 e. The van der Waals surface area contributed by atoms with Crippen LogP contribution in [0.1, 0.15) is 86.7 Å². The smallest absolute Gasteiger partial charge is 0.338 e. The van der Waals surface area contributed by atoms with Crippen molar-refractivity contribution in [1.29, 1.82) is 0 Å². The van der Waals surface area contributed by atoms with E-state index in [0.29, 0.717) is 5.56 Å². The van der Waals surface area contributed by atoms with Crippen LogP contribution >= 0.6 is 0 Å². The van der Waals surface area contributed by atoms with E-state index in [1.54, 1.807) is 92.7 Å². The van der Waals surface area contributed by atoms with Gasteiger partial charge in [0.05, 0.1) is 35.6 Å². The Morgan fingerprint density at radius 3 is 1.95 bits per heavy atom. The second kappa shape index (κ2) is 16.5. The highest BCUT2D eigenvalue weighted by Crippen LogP contribution is 2.64. The summed E-state index contributed by atoms with van der Waals surface area (Å²) in [7, 11) is 0. The molecule has 0 radical (unpaired) electrons. The van der Waals surface area contributed by atoms with Crippen molar-refractivity contribution >= 4 is 35.6 Å². The van der Waals surface area contributed by atoms with Gasteiger partial charge in [-0.3, -0.25) is 19.2 Å². The molecular weight excluding hydrogens is 802 g/mol. The molecule has 3 fully saturated rings. The molecule has 15 heteroatoms. The first-order valence-electron chi connectivity index (χ1n) is 20.5. The number of amides is 1. The maximum absolute atomic E-state index is 15.5.